The molecular formula is C14H7BrF2N2OS. The Kier molecular flexibility index (Phi) is 3.46. The number of benzene rings is 2. The first-order valence-corrected chi connectivity index (χ1v) is 7.08. The van der Waals surface area contributed by atoms with E-state index in [1.165, 1.54) is 6.07 Å². The Balaban J connectivity index is 2.44. The maximum absolute atomic E-state index is 14.0. The highest BCUT2D eigenvalue weighted by Crippen LogP contribution is 2.22. The standard InChI is InChI=1S/C14H7BrF2N2OS/c15-8-5-12(10(17)6-9(8)16)19-13(20)7-3-1-2-4-11(7)18-14(19)21/h1-6H,(H,18,21). The van der Waals surface area contributed by atoms with Gasteiger partial charge in [-0.2, -0.15) is 0 Å². The fourth-order valence-electron chi connectivity index (χ4n) is 2.06. The van der Waals surface area contributed by atoms with Crippen LogP contribution in [0.1, 0.15) is 0 Å². The van der Waals surface area contributed by atoms with Crippen molar-refractivity contribution < 1.29 is 8.78 Å². The van der Waals surface area contributed by atoms with Crippen molar-refractivity contribution in [2.24, 2.45) is 0 Å². The fraction of sp³-hybridized carbons (Fsp3) is 0. The van der Waals surface area contributed by atoms with Crippen LogP contribution in [0.4, 0.5) is 8.78 Å². The Labute approximate surface area is 131 Å². The second-order valence-corrected chi connectivity index (χ2v) is 5.58. The van der Waals surface area contributed by atoms with Crippen molar-refractivity contribution in [1.82, 2.24) is 9.55 Å². The van der Waals surface area contributed by atoms with Gasteiger partial charge >= 0.3 is 0 Å². The molecule has 0 aliphatic rings. The van der Waals surface area contributed by atoms with Crippen molar-refractivity contribution >= 4 is 39.1 Å². The Morgan fingerprint density at radius 3 is 2.62 bits per heavy atom. The average Bonchev–Trinajstić information content (AvgIpc) is 2.44. The third-order valence-corrected chi connectivity index (χ3v) is 3.93. The first kappa shape index (κ1) is 14.1. The van der Waals surface area contributed by atoms with Crippen molar-refractivity contribution in [3.63, 3.8) is 0 Å². The molecule has 0 aliphatic heterocycles. The molecule has 3 nitrogen and oxygen atoms in total. The summed E-state index contributed by atoms with van der Waals surface area (Å²) < 4.78 is 28.4. The van der Waals surface area contributed by atoms with Crippen LogP contribution in [0.15, 0.2) is 45.7 Å². The first-order chi connectivity index (χ1) is 9.99. The summed E-state index contributed by atoms with van der Waals surface area (Å²) in [7, 11) is 0. The minimum absolute atomic E-state index is 0.0381. The molecule has 0 spiro atoms. The van der Waals surface area contributed by atoms with Gasteiger partial charge in [-0.15, -0.1) is 0 Å². The van der Waals surface area contributed by atoms with Crippen LogP contribution in [0.2, 0.25) is 0 Å². The molecule has 1 heterocycles. The molecule has 0 atom stereocenters. The SMILES string of the molecule is O=c1c2ccccc2[nH]c(=S)n1-c1cc(Br)c(F)cc1F. The molecule has 1 N–H and O–H groups in total. The van der Waals surface area contributed by atoms with Crippen molar-refractivity contribution in [2.75, 3.05) is 0 Å². The number of para-hydroxylation sites is 1. The van der Waals surface area contributed by atoms with Gasteiger partial charge in [0.1, 0.15) is 11.6 Å². The van der Waals surface area contributed by atoms with Gasteiger partial charge < -0.3 is 4.98 Å². The first-order valence-electron chi connectivity index (χ1n) is 5.88. The molecule has 1 aromatic heterocycles. The quantitative estimate of drug-likeness (QED) is 0.518. The van der Waals surface area contributed by atoms with E-state index < -0.39 is 17.2 Å². The van der Waals surface area contributed by atoms with E-state index in [-0.39, 0.29) is 14.9 Å². The van der Waals surface area contributed by atoms with E-state index in [0.29, 0.717) is 17.0 Å². The zero-order valence-electron chi connectivity index (χ0n) is 10.4. The van der Waals surface area contributed by atoms with Gasteiger partial charge in [-0.3, -0.25) is 4.79 Å². The molecule has 0 bridgehead atoms. The van der Waals surface area contributed by atoms with Gasteiger partial charge in [0, 0.05) is 6.07 Å². The van der Waals surface area contributed by atoms with Gasteiger partial charge in [0.15, 0.2) is 4.77 Å². The number of hydrogen-bond donors (Lipinski definition) is 1. The zero-order valence-corrected chi connectivity index (χ0v) is 12.8. The number of aromatic nitrogens is 2. The summed E-state index contributed by atoms with van der Waals surface area (Å²) >= 11 is 8.09. The van der Waals surface area contributed by atoms with Crippen LogP contribution in [0, 0.1) is 16.4 Å². The van der Waals surface area contributed by atoms with Crippen LogP contribution in [0.5, 0.6) is 0 Å². The molecule has 21 heavy (non-hydrogen) atoms. The molecule has 0 unspecified atom stereocenters. The van der Waals surface area contributed by atoms with Crippen LogP contribution in [0.25, 0.3) is 16.6 Å². The Bertz CT molecular complexity index is 981. The van der Waals surface area contributed by atoms with Gasteiger partial charge in [0.05, 0.1) is 21.1 Å². The van der Waals surface area contributed by atoms with Gasteiger partial charge in [-0.25, -0.2) is 13.3 Å². The van der Waals surface area contributed by atoms with Crippen LogP contribution < -0.4 is 5.56 Å². The lowest BCUT2D eigenvalue weighted by atomic mass is 10.2. The van der Waals surface area contributed by atoms with E-state index in [1.807, 2.05) is 0 Å². The molecule has 0 saturated carbocycles. The predicted molar refractivity (Wildman–Crippen MR) is 82.3 cm³/mol. The maximum Gasteiger partial charge on any atom is 0.266 e. The van der Waals surface area contributed by atoms with Crippen LogP contribution in [-0.4, -0.2) is 9.55 Å². The summed E-state index contributed by atoms with van der Waals surface area (Å²) in [6.07, 6.45) is 0. The van der Waals surface area contributed by atoms with E-state index in [1.54, 1.807) is 24.3 Å². The smallest absolute Gasteiger partial charge is 0.266 e. The van der Waals surface area contributed by atoms with Gasteiger partial charge in [-0.05, 0) is 46.3 Å². The lowest BCUT2D eigenvalue weighted by Crippen LogP contribution is -2.21. The largest absolute Gasteiger partial charge is 0.331 e. The Hall–Kier alpha value is -1.86. The molecule has 106 valence electrons. The second kappa shape index (κ2) is 5.16. The average molecular weight is 369 g/mol. The normalized spacial score (nSPS) is 11.0. The van der Waals surface area contributed by atoms with Gasteiger partial charge in [-0.1, -0.05) is 12.1 Å². The highest BCUT2D eigenvalue weighted by molar-refractivity contribution is 9.10. The van der Waals surface area contributed by atoms with E-state index >= 15 is 0 Å². The van der Waals surface area contributed by atoms with Crippen LogP contribution >= 0.6 is 28.1 Å². The van der Waals surface area contributed by atoms with Crippen molar-refractivity contribution in [1.29, 1.82) is 0 Å². The van der Waals surface area contributed by atoms with Crippen molar-refractivity contribution in [2.45, 2.75) is 0 Å². The maximum atomic E-state index is 14.0. The Morgan fingerprint density at radius 2 is 1.86 bits per heavy atom. The number of halogens is 3. The summed E-state index contributed by atoms with van der Waals surface area (Å²) in [5, 5.41) is 0.367. The van der Waals surface area contributed by atoms with Crippen LogP contribution in [0.3, 0.4) is 0 Å². The van der Waals surface area contributed by atoms with Gasteiger partial charge in [0.2, 0.25) is 0 Å². The van der Waals surface area contributed by atoms with Crippen molar-refractivity contribution in [3.8, 4) is 5.69 Å². The number of nitrogens with one attached hydrogen (secondary N) is 1. The monoisotopic (exact) mass is 368 g/mol. The Morgan fingerprint density at radius 1 is 1.14 bits per heavy atom. The van der Waals surface area contributed by atoms with E-state index in [9.17, 15) is 13.6 Å². The molecule has 0 aliphatic carbocycles. The molecule has 3 aromatic rings. The highest BCUT2D eigenvalue weighted by Gasteiger charge is 2.14. The summed E-state index contributed by atoms with van der Waals surface area (Å²) in [5.74, 6) is -1.62. The molecule has 2 aromatic carbocycles. The number of fused-ring (bicyclic) bond motifs is 1. The number of hydrogen-bond acceptors (Lipinski definition) is 2. The lowest BCUT2D eigenvalue weighted by Gasteiger charge is -2.10. The molecule has 7 heteroatoms. The molecular weight excluding hydrogens is 362 g/mol. The molecule has 0 saturated heterocycles. The topological polar surface area (TPSA) is 37.8 Å². The molecule has 0 radical (unpaired) electrons. The summed E-state index contributed by atoms with van der Waals surface area (Å²) in [6, 6.07) is 8.65. The number of aromatic amines is 1. The second-order valence-electron chi connectivity index (χ2n) is 4.33. The minimum atomic E-state index is -0.868. The van der Waals surface area contributed by atoms with E-state index in [4.69, 9.17) is 12.2 Å². The third kappa shape index (κ3) is 2.32. The fourth-order valence-corrected chi connectivity index (χ4v) is 2.69. The molecule has 0 fully saturated rings. The highest BCUT2D eigenvalue weighted by atomic mass is 79.9. The predicted octanol–water partition coefficient (Wildman–Crippen LogP) is 4.09. The minimum Gasteiger partial charge on any atom is -0.331 e. The molecule has 0 amide bonds. The summed E-state index contributed by atoms with van der Waals surface area (Å²) in [6.45, 7) is 0. The summed E-state index contributed by atoms with van der Waals surface area (Å²) in [5.41, 5.74) is -0.0163. The number of rotatable bonds is 1. The van der Waals surface area contributed by atoms with E-state index in [0.717, 1.165) is 4.57 Å². The van der Waals surface area contributed by atoms with Crippen molar-refractivity contribution in [3.05, 3.63) is 67.6 Å². The van der Waals surface area contributed by atoms with Crippen LogP contribution in [-0.2, 0) is 0 Å². The van der Waals surface area contributed by atoms with E-state index in [2.05, 4.69) is 20.9 Å². The lowest BCUT2D eigenvalue weighted by molar-refractivity contribution is 0.572. The number of nitrogens with zero attached hydrogens (tertiary/aromatic N) is 1. The summed E-state index contributed by atoms with van der Waals surface area (Å²) in [4.78, 5) is 15.4. The third-order valence-electron chi connectivity index (χ3n) is 3.04. The number of H-pyrrole nitrogens is 1. The zero-order chi connectivity index (χ0) is 15.1. The van der Waals surface area contributed by atoms with Gasteiger partial charge in [0.25, 0.3) is 5.56 Å². The molecule has 3 rings (SSSR count).